The molecule has 1 aliphatic carbocycles. The first kappa shape index (κ1) is 22.6. The fourth-order valence-electron chi connectivity index (χ4n) is 3.54. The van der Waals surface area contributed by atoms with Gasteiger partial charge in [0.05, 0.1) is 6.10 Å². The molecule has 0 aromatic heterocycles. The van der Waals surface area contributed by atoms with Gasteiger partial charge in [0.15, 0.2) is 0 Å². The van der Waals surface area contributed by atoms with Gasteiger partial charge in [-0.2, -0.15) is 0 Å². The van der Waals surface area contributed by atoms with Gasteiger partial charge in [-0.1, -0.05) is 50.5 Å². The molecule has 0 aromatic rings. The molecule has 148 valence electrons. The second kappa shape index (κ2) is 12.0. The van der Waals surface area contributed by atoms with Gasteiger partial charge in [-0.05, 0) is 38.0 Å². The molecular weight excluding hydrogens is 335 g/mol. The molecule has 4 nitrogen and oxygen atoms in total. The lowest BCUT2D eigenvalue weighted by Crippen LogP contribution is -2.27. The van der Waals surface area contributed by atoms with Crippen LogP contribution in [0.2, 0.25) is 0 Å². The molecular formula is C21H33FO4. The van der Waals surface area contributed by atoms with Crippen LogP contribution in [0.15, 0.2) is 24.3 Å². The van der Waals surface area contributed by atoms with E-state index in [2.05, 4.69) is 13.5 Å². The van der Waals surface area contributed by atoms with E-state index in [1.807, 2.05) is 12.2 Å². The van der Waals surface area contributed by atoms with Gasteiger partial charge in [0.2, 0.25) is 0 Å². The van der Waals surface area contributed by atoms with Crippen LogP contribution >= 0.6 is 0 Å². The van der Waals surface area contributed by atoms with Crippen LogP contribution in [0.1, 0.15) is 71.1 Å². The van der Waals surface area contributed by atoms with Gasteiger partial charge < -0.3 is 10.2 Å². The van der Waals surface area contributed by atoms with Gasteiger partial charge in [-0.15, -0.1) is 0 Å². The van der Waals surface area contributed by atoms with E-state index in [-0.39, 0.29) is 30.5 Å². The number of ketones is 1. The second-order valence-corrected chi connectivity index (χ2v) is 7.32. The molecule has 0 spiro atoms. The Morgan fingerprint density at radius 3 is 2.69 bits per heavy atom. The standard InChI is InChI=1S/C21H33FO4/c1-3-4-7-11-19(23)18(22)14-17-15(2)13-20(24)16(17)10-8-5-6-9-12-21(25)26/h5,8,16-19,23H,2-4,6-7,9-14H2,1H3,(H,25,26)/t16-,17+,18+,19+/m1/s1. The number of halogens is 1. The van der Waals surface area contributed by atoms with Gasteiger partial charge in [-0.3, -0.25) is 9.59 Å². The molecule has 0 unspecified atom stereocenters. The van der Waals surface area contributed by atoms with Crippen molar-refractivity contribution in [3.05, 3.63) is 24.3 Å². The summed E-state index contributed by atoms with van der Waals surface area (Å²) >= 11 is 0. The van der Waals surface area contributed by atoms with Crippen LogP contribution < -0.4 is 0 Å². The molecule has 0 amide bonds. The molecule has 4 atom stereocenters. The highest BCUT2D eigenvalue weighted by atomic mass is 19.1. The van der Waals surface area contributed by atoms with Crippen molar-refractivity contribution in [3.8, 4) is 0 Å². The van der Waals surface area contributed by atoms with E-state index in [0.29, 0.717) is 32.1 Å². The van der Waals surface area contributed by atoms with Crippen molar-refractivity contribution in [3.63, 3.8) is 0 Å². The van der Waals surface area contributed by atoms with E-state index in [1.165, 1.54) is 0 Å². The zero-order valence-electron chi connectivity index (χ0n) is 15.8. The molecule has 1 fully saturated rings. The number of aliphatic hydroxyl groups excluding tert-OH is 1. The van der Waals surface area contributed by atoms with Crippen molar-refractivity contribution < 1.29 is 24.2 Å². The minimum atomic E-state index is -1.33. The SMILES string of the molecule is C=C1CC(=O)[C@H](CC=CCCCC(=O)O)[C@H]1C[C@H](F)[C@@H](O)CCCCC. The lowest BCUT2D eigenvalue weighted by molar-refractivity contribution is -0.137. The number of rotatable bonds is 13. The summed E-state index contributed by atoms with van der Waals surface area (Å²) in [6.07, 6.45) is 7.06. The highest BCUT2D eigenvalue weighted by Crippen LogP contribution is 2.39. The lowest BCUT2D eigenvalue weighted by atomic mass is 9.85. The first-order chi connectivity index (χ1) is 12.4. The largest absolute Gasteiger partial charge is 0.481 e. The molecule has 1 saturated carbocycles. The molecule has 1 rings (SSSR count). The van der Waals surface area contributed by atoms with Crippen LogP contribution in [0.3, 0.4) is 0 Å². The predicted octanol–water partition coefficient (Wildman–Crippen LogP) is 4.62. The summed E-state index contributed by atoms with van der Waals surface area (Å²) < 4.78 is 14.4. The van der Waals surface area contributed by atoms with Crippen molar-refractivity contribution in [1.82, 2.24) is 0 Å². The first-order valence-corrected chi connectivity index (χ1v) is 9.76. The fourth-order valence-corrected chi connectivity index (χ4v) is 3.54. The number of aliphatic hydroxyl groups is 1. The molecule has 0 aliphatic heterocycles. The Labute approximate surface area is 156 Å². The number of hydrogen-bond acceptors (Lipinski definition) is 3. The highest BCUT2D eigenvalue weighted by Gasteiger charge is 2.38. The maximum Gasteiger partial charge on any atom is 0.303 e. The maximum absolute atomic E-state index is 14.4. The third-order valence-electron chi connectivity index (χ3n) is 5.14. The van der Waals surface area contributed by atoms with E-state index in [9.17, 15) is 19.1 Å². The summed E-state index contributed by atoms with van der Waals surface area (Å²) in [5.74, 6) is -1.23. The molecule has 26 heavy (non-hydrogen) atoms. The molecule has 0 saturated heterocycles. The van der Waals surface area contributed by atoms with Crippen molar-refractivity contribution in [2.75, 3.05) is 0 Å². The summed E-state index contributed by atoms with van der Waals surface area (Å²) in [6.45, 7) is 6.01. The van der Waals surface area contributed by atoms with Crippen LogP contribution in [0.25, 0.3) is 0 Å². The van der Waals surface area contributed by atoms with E-state index >= 15 is 0 Å². The minimum Gasteiger partial charge on any atom is -0.481 e. The second-order valence-electron chi connectivity index (χ2n) is 7.32. The number of hydrogen-bond donors (Lipinski definition) is 2. The van der Waals surface area contributed by atoms with Crippen molar-refractivity contribution in [1.29, 1.82) is 0 Å². The average Bonchev–Trinajstić information content (AvgIpc) is 2.84. The normalized spacial score (nSPS) is 22.9. The molecule has 2 N–H and O–H groups in total. The quantitative estimate of drug-likeness (QED) is 0.367. The number of carbonyl (C=O) groups excluding carboxylic acids is 1. The van der Waals surface area contributed by atoms with Crippen LogP contribution in [0, 0.1) is 11.8 Å². The number of allylic oxidation sites excluding steroid dienone is 3. The fraction of sp³-hybridized carbons (Fsp3) is 0.714. The Balaban J connectivity index is 2.50. The van der Waals surface area contributed by atoms with Gasteiger partial charge in [0.25, 0.3) is 0 Å². The molecule has 1 aliphatic rings. The van der Waals surface area contributed by atoms with Crippen LogP contribution in [-0.2, 0) is 9.59 Å². The van der Waals surface area contributed by atoms with Gasteiger partial charge in [0, 0.05) is 18.8 Å². The van der Waals surface area contributed by atoms with Crippen molar-refractivity contribution >= 4 is 11.8 Å². The number of unbranched alkanes of at least 4 members (excludes halogenated alkanes) is 3. The number of Topliss-reactive ketones (excluding diaryl/α,β-unsaturated/α-hetero) is 1. The highest BCUT2D eigenvalue weighted by molar-refractivity contribution is 5.87. The van der Waals surface area contributed by atoms with Crippen LogP contribution in [0.5, 0.6) is 0 Å². The zero-order chi connectivity index (χ0) is 19.5. The smallest absolute Gasteiger partial charge is 0.303 e. The number of alkyl halides is 1. The van der Waals surface area contributed by atoms with Crippen molar-refractivity contribution in [2.24, 2.45) is 11.8 Å². The molecule has 0 aromatic carbocycles. The maximum atomic E-state index is 14.4. The topological polar surface area (TPSA) is 74.6 Å². The van der Waals surface area contributed by atoms with E-state index in [4.69, 9.17) is 5.11 Å². The van der Waals surface area contributed by atoms with Crippen LogP contribution in [-0.4, -0.2) is 34.2 Å². The van der Waals surface area contributed by atoms with Crippen LogP contribution in [0.4, 0.5) is 4.39 Å². The Hall–Kier alpha value is -1.49. The number of carbonyl (C=O) groups is 2. The molecule has 0 bridgehead atoms. The predicted molar refractivity (Wildman–Crippen MR) is 101 cm³/mol. The number of carboxylic acids is 1. The van der Waals surface area contributed by atoms with Gasteiger partial charge in [0.1, 0.15) is 12.0 Å². The van der Waals surface area contributed by atoms with E-state index < -0.39 is 18.2 Å². The minimum absolute atomic E-state index is 0.0860. The van der Waals surface area contributed by atoms with E-state index in [1.54, 1.807) is 0 Å². The summed E-state index contributed by atoms with van der Waals surface area (Å²) in [6, 6.07) is 0. The zero-order valence-corrected chi connectivity index (χ0v) is 15.8. The average molecular weight is 368 g/mol. The third kappa shape index (κ3) is 7.81. The summed E-state index contributed by atoms with van der Waals surface area (Å²) in [4.78, 5) is 22.7. The summed E-state index contributed by atoms with van der Waals surface area (Å²) in [5, 5.41) is 18.6. The molecule has 0 radical (unpaired) electrons. The monoisotopic (exact) mass is 368 g/mol. The summed E-state index contributed by atoms with van der Waals surface area (Å²) in [7, 11) is 0. The third-order valence-corrected chi connectivity index (χ3v) is 5.14. The van der Waals surface area contributed by atoms with Gasteiger partial charge >= 0.3 is 5.97 Å². The first-order valence-electron chi connectivity index (χ1n) is 9.76. The number of carboxylic acid groups (broad SMARTS) is 1. The molecule has 5 heteroatoms. The molecule has 0 heterocycles. The Bertz CT molecular complexity index is 500. The van der Waals surface area contributed by atoms with Gasteiger partial charge in [-0.25, -0.2) is 4.39 Å². The lowest BCUT2D eigenvalue weighted by Gasteiger charge is -2.23. The van der Waals surface area contributed by atoms with Crippen molar-refractivity contribution in [2.45, 2.75) is 83.4 Å². The van der Waals surface area contributed by atoms with E-state index in [0.717, 1.165) is 24.8 Å². The summed E-state index contributed by atoms with van der Waals surface area (Å²) in [5.41, 5.74) is 0.766. The number of aliphatic carboxylic acids is 1. The Kier molecular flexibility index (Phi) is 10.4. The Morgan fingerprint density at radius 2 is 2.04 bits per heavy atom. The Morgan fingerprint density at radius 1 is 1.31 bits per heavy atom.